The van der Waals surface area contributed by atoms with Crippen molar-refractivity contribution in [3.05, 3.63) is 47.3 Å². The fraction of sp³-hybridized carbons (Fsp3) is 0.357. The molecule has 1 atom stereocenters. The molecule has 2 aromatic rings. The maximum absolute atomic E-state index is 5.52. The van der Waals surface area contributed by atoms with E-state index in [0.717, 1.165) is 31.0 Å². The molecule has 4 nitrogen and oxygen atoms in total. The summed E-state index contributed by atoms with van der Waals surface area (Å²) in [5, 5.41) is 10.4. The Bertz CT molecular complexity index is 522. The Labute approximate surface area is 106 Å². The van der Waals surface area contributed by atoms with E-state index in [2.05, 4.69) is 40.6 Å². The number of rotatable bonds is 4. The normalized spacial score (nSPS) is 15.2. The van der Waals surface area contributed by atoms with Gasteiger partial charge in [-0.15, -0.1) is 0 Å². The van der Waals surface area contributed by atoms with Gasteiger partial charge in [-0.25, -0.2) is 0 Å². The number of hydrogen-bond acceptors (Lipinski definition) is 3. The predicted molar refractivity (Wildman–Crippen MR) is 69.5 cm³/mol. The Morgan fingerprint density at radius 2 is 2.39 bits per heavy atom. The molecule has 2 heterocycles. The van der Waals surface area contributed by atoms with Crippen molar-refractivity contribution < 1.29 is 4.74 Å². The molecule has 1 aliphatic heterocycles. The standard InChI is InChI=1S/C14H17N3O/c1-10(15-9-13-4-6-16-17-13)11-2-3-14-12(8-11)5-7-18-14/h2-4,6,8,10,15H,5,7,9H2,1H3,(H,16,17). The minimum Gasteiger partial charge on any atom is -0.493 e. The zero-order chi connectivity index (χ0) is 12.4. The molecule has 1 aromatic heterocycles. The lowest BCUT2D eigenvalue weighted by atomic mass is 10.0. The first-order valence-electron chi connectivity index (χ1n) is 6.30. The first kappa shape index (κ1) is 11.3. The smallest absolute Gasteiger partial charge is 0.122 e. The molecule has 1 aromatic carbocycles. The van der Waals surface area contributed by atoms with Gasteiger partial charge in [-0.1, -0.05) is 12.1 Å². The van der Waals surface area contributed by atoms with Crippen molar-refractivity contribution in [3.63, 3.8) is 0 Å². The Morgan fingerprint density at radius 1 is 1.44 bits per heavy atom. The molecule has 0 radical (unpaired) electrons. The van der Waals surface area contributed by atoms with Gasteiger partial charge in [0.25, 0.3) is 0 Å². The van der Waals surface area contributed by atoms with Crippen molar-refractivity contribution >= 4 is 0 Å². The molecule has 2 N–H and O–H groups in total. The van der Waals surface area contributed by atoms with Gasteiger partial charge in [0.1, 0.15) is 5.75 Å². The van der Waals surface area contributed by atoms with E-state index in [1.54, 1.807) is 6.20 Å². The maximum Gasteiger partial charge on any atom is 0.122 e. The average Bonchev–Trinajstić information content (AvgIpc) is 3.05. The van der Waals surface area contributed by atoms with E-state index in [0.29, 0.717) is 6.04 Å². The van der Waals surface area contributed by atoms with Crippen molar-refractivity contribution in [2.75, 3.05) is 6.61 Å². The Kier molecular flexibility index (Phi) is 3.02. The van der Waals surface area contributed by atoms with Crippen molar-refractivity contribution in [2.45, 2.75) is 25.9 Å². The summed E-state index contributed by atoms with van der Waals surface area (Å²) in [6.45, 7) is 3.79. The first-order valence-corrected chi connectivity index (χ1v) is 6.30. The van der Waals surface area contributed by atoms with Gasteiger partial charge < -0.3 is 10.1 Å². The molecule has 0 bridgehead atoms. The summed E-state index contributed by atoms with van der Waals surface area (Å²) in [6.07, 6.45) is 2.80. The molecule has 0 amide bonds. The molecule has 18 heavy (non-hydrogen) atoms. The van der Waals surface area contributed by atoms with E-state index >= 15 is 0 Å². The van der Waals surface area contributed by atoms with Crippen molar-refractivity contribution in [1.29, 1.82) is 0 Å². The van der Waals surface area contributed by atoms with Crippen LogP contribution in [0.1, 0.15) is 29.8 Å². The molecule has 1 aliphatic rings. The average molecular weight is 243 g/mol. The quantitative estimate of drug-likeness (QED) is 0.865. The van der Waals surface area contributed by atoms with Crippen LogP contribution in [0.4, 0.5) is 0 Å². The Morgan fingerprint density at radius 3 is 3.22 bits per heavy atom. The molecule has 1 unspecified atom stereocenters. The number of benzene rings is 1. The van der Waals surface area contributed by atoms with E-state index in [9.17, 15) is 0 Å². The second kappa shape index (κ2) is 4.82. The SMILES string of the molecule is CC(NCc1ccn[nH]1)c1ccc2c(c1)CCO2. The van der Waals surface area contributed by atoms with Gasteiger partial charge in [0.15, 0.2) is 0 Å². The number of aromatic amines is 1. The maximum atomic E-state index is 5.52. The highest BCUT2D eigenvalue weighted by Gasteiger charge is 2.14. The lowest BCUT2D eigenvalue weighted by Gasteiger charge is -2.14. The monoisotopic (exact) mass is 243 g/mol. The summed E-state index contributed by atoms with van der Waals surface area (Å²) in [6, 6.07) is 8.75. The number of nitrogens with one attached hydrogen (secondary N) is 2. The fourth-order valence-corrected chi connectivity index (χ4v) is 2.24. The molecule has 0 spiro atoms. The van der Waals surface area contributed by atoms with E-state index in [4.69, 9.17) is 4.74 Å². The van der Waals surface area contributed by atoms with Gasteiger partial charge in [0.05, 0.1) is 6.61 Å². The van der Waals surface area contributed by atoms with Crippen LogP contribution in [0.15, 0.2) is 30.5 Å². The van der Waals surface area contributed by atoms with Gasteiger partial charge >= 0.3 is 0 Å². The number of nitrogens with zero attached hydrogens (tertiary/aromatic N) is 1. The van der Waals surface area contributed by atoms with E-state index in [1.807, 2.05) is 6.07 Å². The number of hydrogen-bond donors (Lipinski definition) is 2. The number of aromatic nitrogens is 2. The minimum atomic E-state index is 0.319. The zero-order valence-corrected chi connectivity index (χ0v) is 10.4. The molecule has 0 aliphatic carbocycles. The zero-order valence-electron chi connectivity index (χ0n) is 10.4. The Hall–Kier alpha value is -1.81. The van der Waals surface area contributed by atoms with Crippen molar-refractivity contribution in [1.82, 2.24) is 15.5 Å². The van der Waals surface area contributed by atoms with Crippen LogP contribution in [-0.4, -0.2) is 16.8 Å². The molecular weight excluding hydrogens is 226 g/mol. The highest BCUT2D eigenvalue weighted by atomic mass is 16.5. The third-order valence-electron chi connectivity index (χ3n) is 3.37. The van der Waals surface area contributed by atoms with Crippen LogP contribution in [0.25, 0.3) is 0 Å². The summed E-state index contributed by atoms with van der Waals surface area (Å²) in [5.74, 6) is 1.04. The van der Waals surface area contributed by atoms with Crippen LogP contribution in [0.5, 0.6) is 5.75 Å². The number of H-pyrrole nitrogens is 1. The molecule has 4 heteroatoms. The van der Waals surface area contributed by atoms with Crippen LogP contribution in [-0.2, 0) is 13.0 Å². The van der Waals surface area contributed by atoms with E-state index < -0.39 is 0 Å². The van der Waals surface area contributed by atoms with Gasteiger partial charge in [-0.05, 0) is 30.2 Å². The molecule has 0 fully saturated rings. The summed E-state index contributed by atoms with van der Waals surface area (Å²) >= 11 is 0. The van der Waals surface area contributed by atoms with Gasteiger partial charge in [0.2, 0.25) is 0 Å². The second-order valence-corrected chi connectivity index (χ2v) is 4.65. The van der Waals surface area contributed by atoms with Crippen LogP contribution in [0.2, 0.25) is 0 Å². The summed E-state index contributed by atoms with van der Waals surface area (Å²) in [7, 11) is 0. The van der Waals surface area contributed by atoms with Crippen molar-refractivity contribution in [3.8, 4) is 5.75 Å². The van der Waals surface area contributed by atoms with Gasteiger partial charge in [0, 0.05) is 30.9 Å². The van der Waals surface area contributed by atoms with E-state index in [1.165, 1.54) is 11.1 Å². The van der Waals surface area contributed by atoms with E-state index in [-0.39, 0.29) is 0 Å². The summed E-state index contributed by atoms with van der Waals surface area (Å²) < 4.78 is 5.52. The second-order valence-electron chi connectivity index (χ2n) is 4.65. The van der Waals surface area contributed by atoms with Crippen LogP contribution < -0.4 is 10.1 Å². The molecule has 0 saturated carbocycles. The molecule has 0 saturated heterocycles. The molecule has 3 rings (SSSR count). The van der Waals surface area contributed by atoms with Crippen LogP contribution in [0, 0.1) is 0 Å². The fourth-order valence-electron chi connectivity index (χ4n) is 2.24. The minimum absolute atomic E-state index is 0.319. The predicted octanol–water partition coefficient (Wildman–Crippen LogP) is 2.20. The highest BCUT2D eigenvalue weighted by Crippen LogP contribution is 2.28. The Balaban J connectivity index is 1.67. The third kappa shape index (κ3) is 2.24. The van der Waals surface area contributed by atoms with Crippen LogP contribution >= 0.6 is 0 Å². The largest absolute Gasteiger partial charge is 0.493 e. The van der Waals surface area contributed by atoms with Gasteiger partial charge in [-0.3, -0.25) is 5.10 Å². The molecule has 94 valence electrons. The number of ether oxygens (including phenoxy) is 1. The highest BCUT2D eigenvalue weighted by molar-refractivity contribution is 5.40. The molecular formula is C14H17N3O. The topological polar surface area (TPSA) is 49.9 Å². The summed E-state index contributed by atoms with van der Waals surface area (Å²) in [4.78, 5) is 0. The van der Waals surface area contributed by atoms with Crippen molar-refractivity contribution in [2.24, 2.45) is 0 Å². The third-order valence-corrected chi connectivity index (χ3v) is 3.37. The first-order chi connectivity index (χ1) is 8.83. The van der Waals surface area contributed by atoms with Crippen LogP contribution in [0.3, 0.4) is 0 Å². The van der Waals surface area contributed by atoms with Gasteiger partial charge in [-0.2, -0.15) is 5.10 Å². The lowest BCUT2D eigenvalue weighted by Crippen LogP contribution is -2.18. The number of fused-ring (bicyclic) bond motifs is 1. The summed E-state index contributed by atoms with van der Waals surface area (Å²) in [5.41, 5.74) is 3.73. The lowest BCUT2D eigenvalue weighted by molar-refractivity contribution is 0.356.